The molecule has 3 unspecified atom stereocenters. The van der Waals surface area contributed by atoms with Crippen LogP contribution in [0.25, 0.3) is 22.3 Å². The molecule has 1 fully saturated rings. The van der Waals surface area contributed by atoms with Gasteiger partial charge in [-0.3, -0.25) is 0 Å². The van der Waals surface area contributed by atoms with E-state index in [4.69, 9.17) is 28.1 Å². The van der Waals surface area contributed by atoms with Crippen molar-refractivity contribution in [1.82, 2.24) is 0 Å². The number of phenols is 7. The zero-order chi connectivity index (χ0) is 40.3. The van der Waals surface area contributed by atoms with E-state index in [2.05, 4.69) is 0 Å². The number of phenolic OH excluding ortho intramolecular Hbond substituents is 7. The van der Waals surface area contributed by atoms with Gasteiger partial charge in [0.2, 0.25) is 17.8 Å². The third-order valence-corrected chi connectivity index (χ3v) is 9.81. The summed E-state index contributed by atoms with van der Waals surface area (Å²) in [5.74, 6) is -6.20. The first-order chi connectivity index (χ1) is 26.7. The van der Waals surface area contributed by atoms with Crippen LogP contribution in [-0.2, 0) is 4.74 Å². The van der Waals surface area contributed by atoms with Crippen LogP contribution >= 0.6 is 0 Å². The monoisotopic (exact) mass is 781 g/mol. The van der Waals surface area contributed by atoms with Crippen molar-refractivity contribution in [1.29, 1.82) is 0 Å². The summed E-state index contributed by atoms with van der Waals surface area (Å²) in [5.41, 5.74) is -0.540. The lowest BCUT2D eigenvalue weighted by atomic mass is 9.78. The van der Waals surface area contributed by atoms with E-state index in [1.807, 2.05) is 0 Å². The van der Waals surface area contributed by atoms with Gasteiger partial charge in [0.1, 0.15) is 70.2 Å². The van der Waals surface area contributed by atoms with Crippen LogP contribution in [0.1, 0.15) is 28.7 Å². The first-order valence-electron chi connectivity index (χ1n) is 16.9. The summed E-state index contributed by atoms with van der Waals surface area (Å²) >= 11 is 0. The van der Waals surface area contributed by atoms with Crippen molar-refractivity contribution in [3.05, 3.63) is 71.3 Å². The van der Waals surface area contributed by atoms with Crippen molar-refractivity contribution in [2.45, 2.75) is 48.8 Å². The van der Waals surface area contributed by atoms with Crippen LogP contribution < -0.4 is 18.9 Å². The van der Waals surface area contributed by atoms with Crippen molar-refractivity contribution in [2.24, 2.45) is 0 Å². The fourth-order valence-electron chi connectivity index (χ4n) is 7.02. The van der Waals surface area contributed by atoms with Gasteiger partial charge >= 0.3 is 11.3 Å². The van der Waals surface area contributed by atoms with Crippen LogP contribution in [0.15, 0.2) is 59.0 Å². The van der Waals surface area contributed by atoms with Gasteiger partial charge in [-0.05, 0) is 17.7 Å². The highest BCUT2D eigenvalue weighted by atomic mass is 16.7. The molecule has 18 heteroatoms. The molecule has 0 radical (unpaired) electrons. The SMILES string of the molecule is COc1cc(-c2[o+]c3c(C4c5c(O)cc(O)cc5OC(c5ccc(O)c(O)c5)C4O)c(O)cc(O)c3cc2O[C@@H]2O[C@H](CO)[C@@H](O)[C@H](O)[C@H]2O)cc(OC)c1O. The van der Waals surface area contributed by atoms with Gasteiger partial charge in [-0.15, -0.1) is 0 Å². The molecule has 2 aliphatic heterocycles. The summed E-state index contributed by atoms with van der Waals surface area (Å²) in [7, 11) is 2.52. The van der Waals surface area contributed by atoms with Crippen molar-refractivity contribution in [3.8, 4) is 74.6 Å². The Balaban J connectivity index is 1.50. The predicted octanol–water partition coefficient (Wildman–Crippen LogP) is 2.14. The fourth-order valence-corrected chi connectivity index (χ4v) is 7.02. The maximum atomic E-state index is 12.1. The second-order valence-electron chi connectivity index (χ2n) is 13.2. The molecule has 56 heavy (non-hydrogen) atoms. The summed E-state index contributed by atoms with van der Waals surface area (Å²) in [6.07, 6.45) is -11.7. The lowest BCUT2D eigenvalue weighted by molar-refractivity contribution is -0.277. The Bertz CT molecular complexity index is 2280. The van der Waals surface area contributed by atoms with E-state index in [9.17, 15) is 61.3 Å². The lowest BCUT2D eigenvalue weighted by Gasteiger charge is -2.39. The van der Waals surface area contributed by atoms with E-state index in [0.29, 0.717) is 0 Å². The second kappa shape index (κ2) is 14.5. The minimum Gasteiger partial charge on any atom is -0.508 e. The molecule has 1 aromatic heterocycles. The number of ether oxygens (including phenoxy) is 5. The molecule has 0 spiro atoms. The van der Waals surface area contributed by atoms with Gasteiger partial charge in [0, 0.05) is 42.0 Å². The van der Waals surface area contributed by atoms with Gasteiger partial charge in [0.25, 0.3) is 0 Å². The lowest BCUT2D eigenvalue weighted by Crippen LogP contribution is -2.60. The Hall–Kier alpha value is -6.15. The largest absolute Gasteiger partial charge is 0.508 e. The average Bonchev–Trinajstić information content (AvgIpc) is 3.16. The molecule has 8 atom stereocenters. The highest BCUT2D eigenvalue weighted by molar-refractivity contribution is 5.92. The summed E-state index contributed by atoms with van der Waals surface area (Å²) in [4.78, 5) is 0. The summed E-state index contributed by atoms with van der Waals surface area (Å²) < 4.78 is 34.7. The van der Waals surface area contributed by atoms with Crippen LogP contribution in [0.5, 0.6) is 63.2 Å². The van der Waals surface area contributed by atoms with Crippen molar-refractivity contribution in [2.75, 3.05) is 20.8 Å². The Morgan fingerprint density at radius 3 is 1.98 bits per heavy atom. The molecule has 1 saturated heterocycles. The highest BCUT2D eigenvalue weighted by Crippen LogP contribution is 2.55. The first-order valence-corrected chi connectivity index (χ1v) is 16.9. The molecule has 0 bridgehead atoms. The zero-order valence-corrected chi connectivity index (χ0v) is 29.3. The average molecular weight is 782 g/mol. The van der Waals surface area contributed by atoms with Crippen LogP contribution in [0.4, 0.5) is 0 Å². The quantitative estimate of drug-likeness (QED) is 0.0793. The fraction of sp³-hybridized carbons (Fsp3) is 0.289. The molecule has 0 saturated carbocycles. The number of methoxy groups -OCH3 is 2. The number of hydrogen-bond acceptors (Lipinski definition) is 17. The molecular weight excluding hydrogens is 744 g/mol. The molecule has 3 heterocycles. The van der Waals surface area contributed by atoms with Gasteiger partial charge < -0.3 is 85.0 Å². The summed E-state index contributed by atoms with van der Waals surface area (Å²) in [6.45, 7) is -0.778. The number of aliphatic hydroxyl groups excluding tert-OH is 5. The third-order valence-electron chi connectivity index (χ3n) is 9.81. The standard InChI is InChI=1S/C38H36O18/c1-51-23-6-14(7-24(52-2)30(23)46)35-25(54-38-34(50)33(49)31(47)26(12-39)55-38)10-16-18(42)11-21(45)28(37(16)56-35)29-27-20(44)8-15(40)9-22(27)53-36(32(29)48)13-3-4-17(41)19(43)5-13/h3-11,26,29,31-34,36,38-39,47-50H,12H2,1-2H3,(H6-,40,41,42,43,44,45,46)/p+1/t26-,29?,31-,32?,33+,34-,36?,38-/m1/s1. The normalized spacial score (nSPS) is 24.6. The number of rotatable bonds is 8. The van der Waals surface area contributed by atoms with Crippen LogP contribution in [0, 0.1) is 0 Å². The molecule has 5 aromatic rings. The van der Waals surface area contributed by atoms with E-state index < -0.39 is 95.7 Å². The number of aliphatic hydroxyl groups is 5. The number of benzene rings is 4. The summed E-state index contributed by atoms with van der Waals surface area (Å²) in [5, 5.41) is 129. The van der Waals surface area contributed by atoms with E-state index in [-0.39, 0.29) is 62.0 Å². The molecule has 4 aromatic carbocycles. The number of aromatic hydroxyl groups is 7. The molecule has 2 aliphatic rings. The first kappa shape index (κ1) is 38.1. The maximum absolute atomic E-state index is 12.1. The van der Waals surface area contributed by atoms with Gasteiger partial charge in [-0.25, -0.2) is 4.42 Å². The molecule has 296 valence electrons. The summed E-state index contributed by atoms with van der Waals surface area (Å²) in [6, 6.07) is 10.4. The topological polar surface area (TPSA) is 300 Å². The van der Waals surface area contributed by atoms with Gasteiger partial charge in [0.15, 0.2) is 29.1 Å². The Kier molecular flexibility index (Phi) is 9.87. The molecule has 0 amide bonds. The van der Waals surface area contributed by atoms with E-state index in [0.717, 1.165) is 30.3 Å². The Labute approximate surface area is 315 Å². The Morgan fingerprint density at radius 2 is 1.34 bits per heavy atom. The molecule has 18 nitrogen and oxygen atoms in total. The van der Waals surface area contributed by atoms with Crippen molar-refractivity contribution >= 4 is 11.0 Å². The van der Waals surface area contributed by atoms with Crippen LogP contribution in [-0.4, -0.2) is 119 Å². The zero-order valence-electron chi connectivity index (χ0n) is 29.3. The smallest absolute Gasteiger partial charge is 0.402 e. The molecule has 12 N–H and O–H groups in total. The van der Waals surface area contributed by atoms with Crippen molar-refractivity contribution < 1.29 is 89.4 Å². The van der Waals surface area contributed by atoms with E-state index in [1.165, 1.54) is 38.5 Å². The van der Waals surface area contributed by atoms with Crippen LogP contribution in [0.2, 0.25) is 0 Å². The third kappa shape index (κ3) is 6.33. The van der Waals surface area contributed by atoms with Gasteiger partial charge in [-0.2, -0.15) is 0 Å². The molecular formula is C38H37O18+. The predicted molar refractivity (Wildman–Crippen MR) is 189 cm³/mol. The Morgan fingerprint density at radius 1 is 0.661 bits per heavy atom. The van der Waals surface area contributed by atoms with E-state index >= 15 is 0 Å². The second-order valence-corrected chi connectivity index (χ2v) is 13.2. The van der Waals surface area contributed by atoms with Gasteiger partial charge in [-0.1, -0.05) is 6.07 Å². The van der Waals surface area contributed by atoms with Crippen LogP contribution in [0.3, 0.4) is 0 Å². The minimum absolute atomic E-state index is 0.0462. The minimum atomic E-state index is -1.89. The number of fused-ring (bicyclic) bond motifs is 2. The van der Waals surface area contributed by atoms with E-state index in [1.54, 1.807) is 0 Å². The number of hydrogen-bond donors (Lipinski definition) is 12. The molecule has 7 rings (SSSR count). The molecule has 0 aliphatic carbocycles. The van der Waals surface area contributed by atoms with Gasteiger partial charge in [0.05, 0.1) is 32.3 Å². The highest BCUT2D eigenvalue weighted by Gasteiger charge is 2.48. The van der Waals surface area contributed by atoms with Crippen molar-refractivity contribution in [3.63, 3.8) is 0 Å². The maximum Gasteiger partial charge on any atom is 0.402 e.